The molecule has 0 bridgehead atoms. The molecule has 2 aliphatic rings. The van der Waals surface area contributed by atoms with Gasteiger partial charge in [-0.1, -0.05) is 0 Å². The van der Waals surface area contributed by atoms with Crippen LogP contribution >= 0.6 is 11.3 Å². The zero-order valence-electron chi connectivity index (χ0n) is 15.1. The Hall–Kier alpha value is -2.05. The van der Waals surface area contributed by atoms with E-state index in [9.17, 15) is 4.79 Å². The van der Waals surface area contributed by atoms with Gasteiger partial charge in [0, 0.05) is 18.7 Å². The first-order valence-corrected chi connectivity index (χ1v) is 10.1. The van der Waals surface area contributed by atoms with Crippen LogP contribution in [0.25, 0.3) is 0 Å². The third kappa shape index (κ3) is 3.71. The summed E-state index contributed by atoms with van der Waals surface area (Å²) in [5, 5.41) is 4.36. The molecule has 0 saturated heterocycles. The van der Waals surface area contributed by atoms with Crippen molar-refractivity contribution in [1.82, 2.24) is 9.80 Å². The monoisotopic (exact) mass is 372 g/mol. The van der Waals surface area contributed by atoms with E-state index in [4.69, 9.17) is 9.47 Å². The van der Waals surface area contributed by atoms with Crippen LogP contribution in [0.4, 0.5) is 0 Å². The summed E-state index contributed by atoms with van der Waals surface area (Å²) in [5.74, 6) is 1.55. The lowest BCUT2D eigenvalue weighted by Crippen LogP contribution is -2.29. The Morgan fingerprint density at radius 1 is 1.19 bits per heavy atom. The molecule has 0 saturated carbocycles. The first kappa shape index (κ1) is 17.4. The van der Waals surface area contributed by atoms with E-state index in [2.05, 4.69) is 28.8 Å². The van der Waals surface area contributed by atoms with Crippen molar-refractivity contribution < 1.29 is 14.3 Å². The lowest BCUT2D eigenvalue weighted by atomic mass is 10.1. The molecule has 1 amide bonds. The second-order valence-corrected chi connectivity index (χ2v) is 7.76. The highest BCUT2D eigenvalue weighted by Gasteiger charge is 2.30. The lowest BCUT2D eigenvalue weighted by molar-refractivity contribution is 0.0771. The van der Waals surface area contributed by atoms with Crippen LogP contribution in [0.5, 0.6) is 11.5 Å². The highest BCUT2D eigenvalue weighted by atomic mass is 32.1. The molecule has 0 radical (unpaired) electrons. The van der Waals surface area contributed by atoms with Crippen LogP contribution < -0.4 is 9.47 Å². The molecule has 0 aliphatic carbocycles. The summed E-state index contributed by atoms with van der Waals surface area (Å²) in [6.07, 6.45) is 3.30. The molecule has 26 heavy (non-hydrogen) atoms. The molecule has 0 atom stereocenters. The van der Waals surface area contributed by atoms with Gasteiger partial charge < -0.3 is 19.3 Å². The van der Waals surface area contributed by atoms with Crippen LogP contribution in [0.2, 0.25) is 0 Å². The number of fused-ring (bicyclic) bond motifs is 2. The van der Waals surface area contributed by atoms with Crippen molar-refractivity contribution in [3.63, 3.8) is 0 Å². The number of ether oxygens (including phenoxy) is 2. The van der Waals surface area contributed by atoms with Crippen LogP contribution in [0.15, 0.2) is 29.0 Å². The molecular formula is C20H24N2O3S. The minimum atomic E-state index is 0.110. The number of hydrogen-bond donors (Lipinski definition) is 0. The third-order valence-electron chi connectivity index (χ3n) is 5.03. The molecule has 0 unspecified atom stereocenters. The van der Waals surface area contributed by atoms with Gasteiger partial charge in [0.1, 0.15) is 0 Å². The maximum Gasteiger partial charge on any atom is 0.254 e. The topological polar surface area (TPSA) is 42.0 Å². The van der Waals surface area contributed by atoms with Gasteiger partial charge in [0.05, 0.1) is 0 Å². The van der Waals surface area contributed by atoms with Gasteiger partial charge in [-0.15, -0.1) is 0 Å². The van der Waals surface area contributed by atoms with Crippen molar-refractivity contribution in [2.24, 2.45) is 0 Å². The molecule has 1 aromatic carbocycles. The Morgan fingerprint density at radius 2 is 2.00 bits per heavy atom. The predicted octanol–water partition coefficient (Wildman–Crippen LogP) is 3.39. The average molecular weight is 372 g/mol. The van der Waals surface area contributed by atoms with E-state index < -0.39 is 0 Å². The van der Waals surface area contributed by atoms with E-state index in [-0.39, 0.29) is 12.7 Å². The van der Waals surface area contributed by atoms with Gasteiger partial charge in [-0.25, -0.2) is 0 Å². The van der Waals surface area contributed by atoms with Crippen LogP contribution in [0.1, 0.15) is 34.3 Å². The van der Waals surface area contributed by atoms with Gasteiger partial charge in [0.2, 0.25) is 6.79 Å². The van der Waals surface area contributed by atoms with Gasteiger partial charge in [0.15, 0.2) is 11.5 Å². The Labute approximate surface area is 158 Å². The maximum atomic E-state index is 12.6. The number of carbonyl (C=O) groups is 1. The third-order valence-corrected chi connectivity index (χ3v) is 5.76. The highest BCUT2D eigenvalue weighted by Crippen LogP contribution is 2.38. The van der Waals surface area contributed by atoms with Gasteiger partial charge in [-0.3, -0.25) is 4.79 Å². The van der Waals surface area contributed by atoms with Crippen molar-refractivity contribution in [3.8, 4) is 11.5 Å². The zero-order chi connectivity index (χ0) is 17.9. The number of carbonyl (C=O) groups excluding carboxylic acids is 1. The molecule has 5 nitrogen and oxygen atoms in total. The van der Waals surface area contributed by atoms with Crippen LogP contribution in [-0.2, 0) is 13.0 Å². The van der Waals surface area contributed by atoms with Gasteiger partial charge in [-0.05, 0) is 79.5 Å². The molecule has 2 aliphatic heterocycles. The van der Waals surface area contributed by atoms with E-state index in [0.717, 1.165) is 49.4 Å². The fourth-order valence-corrected chi connectivity index (χ4v) is 4.28. The molecule has 138 valence electrons. The van der Waals surface area contributed by atoms with Crippen molar-refractivity contribution in [2.75, 3.05) is 33.5 Å². The number of hydrogen-bond acceptors (Lipinski definition) is 5. The number of benzene rings is 1. The number of amides is 1. The summed E-state index contributed by atoms with van der Waals surface area (Å²) < 4.78 is 10.8. The van der Waals surface area contributed by atoms with Crippen molar-refractivity contribution in [2.45, 2.75) is 25.8 Å². The SMILES string of the molecule is CN(CCCc1ccsc1)CCCN1Cc2cc3c(cc2C1=O)OCO3. The number of thiophene rings is 1. The minimum absolute atomic E-state index is 0.110. The Kier molecular flexibility index (Phi) is 5.13. The molecule has 2 aromatic rings. The summed E-state index contributed by atoms with van der Waals surface area (Å²) in [5.41, 5.74) is 3.24. The average Bonchev–Trinajstić information content (AvgIpc) is 3.35. The van der Waals surface area contributed by atoms with E-state index >= 15 is 0 Å². The first-order chi connectivity index (χ1) is 12.7. The predicted molar refractivity (Wildman–Crippen MR) is 102 cm³/mol. The summed E-state index contributed by atoms with van der Waals surface area (Å²) in [6, 6.07) is 5.98. The van der Waals surface area contributed by atoms with E-state index in [1.165, 1.54) is 12.0 Å². The molecule has 6 heteroatoms. The van der Waals surface area contributed by atoms with Crippen LogP contribution in [0.3, 0.4) is 0 Å². The summed E-state index contributed by atoms with van der Waals surface area (Å²) in [7, 11) is 2.16. The van der Waals surface area contributed by atoms with Crippen LogP contribution in [0, 0.1) is 0 Å². The molecular weight excluding hydrogens is 348 g/mol. The van der Waals surface area contributed by atoms with Crippen molar-refractivity contribution >= 4 is 17.2 Å². The van der Waals surface area contributed by atoms with Crippen molar-refractivity contribution in [1.29, 1.82) is 0 Å². The normalized spacial score (nSPS) is 15.2. The van der Waals surface area contributed by atoms with E-state index in [1.54, 1.807) is 11.3 Å². The fourth-order valence-electron chi connectivity index (χ4n) is 3.57. The lowest BCUT2D eigenvalue weighted by Gasteiger charge is -2.20. The Bertz CT molecular complexity index is 776. The van der Waals surface area contributed by atoms with E-state index in [0.29, 0.717) is 12.3 Å². The fraction of sp³-hybridized carbons (Fsp3) is 0.450. The van der Waals surface area contributed by atoms with Gasteiger partial charge in [0.25, 0.3) is 5.91 Å². The van der Waals surface area contributed by atoms with Gasteiger partial charge in [-0.2, -0.15) is 11.3 Å². The highest BCUT2D eigenvalue weighted by molar-refractivity contribution is 7.07. The zero-order valence-corrected chi connectivity index (χ0v) is 15.9. The van der Waals surface area contributed by atoms with E-state index in [1.807, 2.05) is 17.0 Å². The Balaban J connectivity index is 1.21. The maximum absolute atomic E-state index is 12.6. The smallest absolute Gasteiger partial charge is 0.254 e. The summed E-state index contributed by atoms with van der Waals surface area (Å²) in [6.45, 7) is 3.80. The second-order valence-electron chi connectivity index (χ2n) is 6.98. The Morgan fingerprint density at radius 3 is 2.81 bits per heavy atom. The number of nitrogens with zero attached hydrogens (tertiary/aromatic N) is 2. The molecule has 0 N–H and O–H groups in total. The first-order valence-electron chi connectivity index (χ1n) is 9.12. The summed E-state index contributed by atoms with van der Waals surface area (Å²) >= 11 is 1.76. The van der Waals surface area contributed by atoms with Crippen LogP contribution in [-0.4, -0.2) is 49.2 Å². The quantitative estimate of drug-likeness (QED) is 0.712. The largest absolute Gasteiger partial charge is 0.454 e. The molecule has 4 rings (SSSR count). The second kappa shape index (κ2) is 7.68. The number of aryl methyl sites for hydroxylation is 1. The molecule has 0 spiro atoms. The van der Waals surface area contributed by atoms with Crippen molar-refractivity contribution in [3.05, 3.63) is 45.6 Å². The molecule has 1 aromatic heterocycles. The molecule has 3 heterocycles. The minimum Gasteiger partial charge on any atom is -0.454 e. The standard InChI is InChI=1S/C20H24N2O3S/c1-21(6-2-4-15-5-9-26-13-15)7-3-8-22-12-16-10-18-19(25-14-24-18)11-17(16)20(22)23/h5,9-11,13H,2-4,6-8,12,14H2,1H3. The number of rotatable bonds is 8. The van der Waals surface area contributed by atoms with Gasteiger partial charge >= 0.3 is 0 Å². The molecule has 0 fully saturated rings. The summed E-state index contributed by atoms with van der Waals surface area (Å²) in [4.78, 5) is 16.9.